The number of hydrogen-bond donors (Lipinski definition) is 1. The average molecular weight is 271 g/mol. The number of benzene rings is 1. The molecule has 0 saturated heterocycles. The number of anilines is 1. The second-order valence-electron chi connectivity index (χ2n) is 4.70. The van der Waals surface area contributed by atoms with Crippen LogP contribution in [0.3, 0.4) is 0 Å². The lowest BCUT2D eigenvalue weighted by molar-refractivity contribution is 0.0696. The van der Waals surface area contributed by atoms with Gasteiger partial charge in [-0.2, -0.15) is 5.10 Å². The predicted octanol–water partition coefficient (Wildman–Crippen LogP) is 1.32. The van der Waals surface area contributed by atoms with Gasteiger partial charge in [-0.1, -0.05) is 0 Å². The van der Waals surface area contributed by atoms with E-state index in [0.717, 1.165) is 11.3 Å². The van der Waals surface area contributed by atoms with Crippen molar-refractivity contribution in [1.29, 1.82) is 0 Å². The molecule has 0 fully saturated rings. The number of carboxylic acids is 1. The molecular weight excluding hydrogens is 258 g/mol. The van der Waals surface area contributed by atoms with E-state index in [0.29, 0.717) is 18.7 Å². The molecule has 0 radical (unpaired) electrons. The Morgan fingerprint density at radius 3 is 2.75 bits per heavy atom. The molecule has 1 aromatic carbocycles. The molecule has 1 amide bonds. The first-order chi connectivity index (χ1) is 9.58. The van der Waals surface area contributed by atoms with Crippen molar-refractivity contribution >= 4 is 17.6 Å². The molecule has 0 unspecified atom stereocenters. The molecule has 1 N–H and O–H groups in total. The molecule has 0 saturated carbocycles. The number of hydrogen-bond acceptors (Lipinski definition) is 3. The molecule has 1 aliphatic rings. The first-order valence-electron chi connectivity index (χ1n) is 6.24. The van der Waals surface area contributed by atoms with Crippen molar-refractivity contribution in [2.75, 3.05) is 11.4 Å². The van der Waals surface area contributed by atoms with E-state index < -0.39 is 5.97 Å². The van der Waals surface area contributed by atoms with E-state index in [-0.39, 0.29) is 11.5 Å². The van der Waals surface area contributed by atoms with Crippen LogP contribution >= 0.6 is 0 Å². The molecule has 6 nitrogen and oxygen atoms in total. The van der Waals surface area contributed by atoms with Gasteiger partial charge in [0, 0.05) is 25.5 Å². The minimum Gasteiger partial charge on any atom is -0.478 e. The van der Waals surface area contributed by atoms with Crippen LogP contribution in [0.2, 0.25) is 0 Å². The summed E-state index contributed by atoms with van der Waals surface area (Å²) in [5, 5.41) is 13.0. The Morgan fingerprint density at radius 2 is 2.10 bits per heavy atom. The number of carboxylic acid groups (broad SMARTS) is 1. The van der Waals surface area contributed by atoms with Crippen molar-refractivity contribution < 1.29 is 14.7 Å². The van der Waals surface area contributed by atoms with Gasteiger partial charge in [0.2, 0.25) is 0 Å². The highest BCUT2D eigenvalue weighted by molar-refractivity contribution is 6.06. The monoisotopic (exact) mass is 271 g/mol. The second-order valence-corrected chi connectivity index (χ2v) is 4.70. The Kier molecular flexibility index (Phi) is 2.78. The molecule has 102 valence electrons. The summed E-state index contributed by atoms with van der Waals surface area (Å²) < 4.78 is 1.53. The van der Waals surface area contributed by atoms with Gasteiger partial charge < -0.3 is 10.0 Å². The van der Waals surface area contributed by atoms with Gasteiger partial charge in [-0.05, 0) is 36.2 Å². The number of rotatable bonds is 2. The zero-order chi connectivity index (χ0) is 14.3. The van der Waals surface area contributed by atoms with Crippen LogP contribution in [0, 0.1) is 0 Å². The lowest BCUT2D eigenvalue weighted by Gasteiger charge is -2.17. The minimum absolute atomic E-state index is 0.119. The van der Waals surface area contributed by atoms with Crippen molar-refractivity contribution in [1.82, 2.24) is 9.78 Å². The van der Waals surface area contributed by atoms with Crippen LogP contribution in [0.4, 0.5) is 5.69 Å². The van der Waals surface area contributed by atoms with Crippen LogP contribution in [-0.2, 0) is 13.5 Å². The van der Waals surface area contributed by atoms with Gasteiger partial charge in [0.1, 0.15) is 5.69 Å². The van der Waals surface area contributed by atoms with Gasteiger partial charge in [-0.3, -0.25) is 9.48 Å². The number of aryl methyl sites for hydroxylation is 1. The molecule has 0 spiro atoms. The van der Waals surface area contributed by atoms with Crippen LogP contribution in [0.1, 0.15) is 26.4 Å². The van der Waals surface area contributed by atoms with Crippen LogP contribution in [-0.4, -0.2) is 33.3 Å². The fourth-order valence-corrected chi connectivity index (χ4v) is 2.47. The summed E-state index contributed by atoms with van der Waals surface area (Å²) in [5.74, 6) is -1.07. The zero-order valence-electron chi connectivity index (χ0n) is 10.9. The van der Waals surface area contributed by atoms with Crippen molar-refractivity contribution in [3.8, 4) is 0 Å². The topological polar surface area (TPSA) is 75.4 Å². The molecule has 3 rings (SSSR count). The summed E-state index contributed by atoms with van der Waals surface area (Å²) >= 11 is 0. The van der Waals surface area contributed by atoms with Crippen molar-refractivity contribution in [2.45, 2.75) is 6.42 Å². The lowest BCUT2D eigenvalue weighted by atomic mass is 10.1. The maximum Gasteiger partial charge on any atom is 0.335 e. The van der Waals surface area contributed by atoms with Crippen LogP contribution < -0.4 is 4.90 Å². The summed E-state index contributed by atoms with van der Waals surface area (Å²) in [7, 11) is 1.72. The first kappa shape index (κ1) is 12.4. The van der Waals surface area contributed by atoms with Gasteiger partial charge in [-0.25, -0.2) is 4.79 Å². The van der Waals surface area contributed by atoms with E-state index in [1.54, 1.807) is 36.3 Å². The fourth-order valence-electron chi connectivity index (χ4n) is 2.47. The molecule has 20 heavy (non-hydrogen) atoms. The van der Waals surface area contributed by atoms with Gasteiger partial charge in [0.05, 0.1) is 5.56 Å². The van der Waals surface area contributed by atoms with Crippen molar-refractivity contribution in [3.63, 3.8) is 0 Å². The third-order valence-electron chi connectivity index (χ3n) is 3.51. The maximum absolute atomic E-state index is 12.5. The molecule has 2 aromatic rings. The van der Waals surface area contributed by atoms with Crippen molar-refractivity contribution in [3.05, 3.63) is 47.3 Å². The Bertz CT molecular complexity index is 705. The minimum atomic E-state index is -0.954. The first-order valence-corrected chi connectivity index (χ1v) is 6.24. The van der Waals surface area contributed by atoms with E-state index in [4.69, 9.17) is 5.11 Å². The molecule has 6 heteroatoms. The smallest absolute Gasteiger partial charge is 0.335 e. The molecule has 1 aromatic heterocycles. The van der Waals surface area contributed by atoms with Gasteiger partial charge in [0.25, 0.3) is 5.91 Å². The Balaban J connectivity index is 1.96. The van der Waals surface area contributed by atoms with Gasteiger partial charge >= 0.3 is 5.97 Å². The predicted molar refractivity (Wildman–Crippen MR) is 72.0 cm³/mol. The largest absolute Gasteiger partial charge is 0.478 e. The van der Waals surface area contributed by atoms with E-state index in [2.05, 4.69) is 5.10 Å². The number of amides is 1. The standard InChI is InChI=1S/C14H13N3O3/c1-16-12(4-6-15-16)13(18)17-7-5-9-8-10(14(19)20)2-3-11(9)17/h2-4,6,8H,5,7H2,1H3,(H,19,20). The molecule has 0 aliphatic carbocycles. The molecular formula is C14H13N3O3. The summed E-state index contributed by atoms with van der Waals surface area (Å²) in [6.07, 6.45) is 2.25. The number of carbonyl (C=O) groups excluding carboxylic acids is 1. The second kappa shape index (κ2) is 4.48. The van der Waals surface area contributed by atoms with E-state index >= 15 is 0 Å². The van der Waals surface area contributed by atoms with E-state index in [9.17, 15) is 9.59 Å². The molecule has 1 aliphatic heterocycles. The SMILES string of the molecule is Cn1nccc1C(=O)N1CCc2cc(C(=O)O)ccc21. The fraction of sp³-hybridized carbons (Fsp3) is 0.214. The highest BCUT2D eigenvalue weighted by atomic mass is 16.4. The third-order valence-corrected chi connectivity index (χ3v) is 3.51. The number of carbonyl (C=O) groups is 2. The summed E-state index contributed by atoms with van der Waals surface area (Å²) in [4.78, 5) is 25.1. The quantitative estimate of drug-likeness (QED) is 0.893. The van der Waals surface area contributed by atoms with Gasteiger partial charge in [0.15, 0.2) is 0 Å². The summed E-state index contributed by atoms with van der Waals surface area (Å²) in [6, 6.07) is 6.52. The van der Waals surface area contributed by atoms with Crippen LogP contribution in [0.15, 0.2) is 30.5 Å². The highest BCUT2D eigenvalue weighted by Crippen LogP contribution is 2.30. The summed E-state index contributed by atoms with van der Waals surface area (Å²) in [5.41, 5.74) is 2.43. The lowest BCUT2D eigenvalue weighted by Crippen LogP contribution is -2.30. The number of nitrogens with zero attached hydrogens (tertiary/aromatic N) is 3. The van der Waals surface area contributed by atoms with E-state index in [1.165, 1.54) is 10.7 Å². The summed E-state index contributed by atoms with van der Waals surface area (Å²) in [6.45, 7) is 0.558. The normalized spacial score (nSPS) is 13.3. The van der Waals surface area contributed by atoms with Crippen LogP contribution in [0.25, 0.3) is 0 Å². The Morgan fingerprint density at radius 1 is 1.30 bits per heavy atom. The van der Waals surface area contributed by atoms with E-state index in [1.807, 2.05) is 0 Å². The molecule has 0 atom stereocenters. The van der Waals surface area contributed by atoms with Crippen molar-refractivity contribution in [2.24, 2.45) is 7.05 Å². The number of aromatic carboxylic acids is 1. The number of fused-ring (bicyclic) bond motifs is 1. The zero-order valence-corrected chi connectivity index (χ0v) is 10.9. The highest BCUT2D eigenvalue weighted by Gasteiger charge is 2.27. The molecule has 2 heterocycles. The Hall–Kier alpha value is -2.63. The van der Waals surface area contributed by atoms with Crippen LogP contribution in [0.5, 0.6) is 0 Å². The Labute approximate surface area is 115 Å². The molecule has 0 bridgehead atoms. The average Bonchev–Trinajstić information content (AvgIpc) is 3.03. The number of aromatic nitrogens is 2. The maximum atomic E-state index is 12.5. The van der Waals surface area contributed by atoms with Gasteiger partial charge in [-0.15, -0.1) is 0 Å². The third kappa shape index (κ3) is 1.85.